The zero-order valence-corrected chi connectivity index (χ0v) is 20.2. The number of aryl methyl sites for hydroxylation is 1. The molecule has 0 saturated carbocycles. The summed E-state index contributed by atoms with van der Waals surface area (Å²) in [5.41, 5.74) is 2.50. The van der Waals surface area contributed by atoms with Gasteiger partial charge in [-0.2, -0.15) is 0 Å². The lowest BCUT2D eigenvalue weighted by atomic mass is 9.94. The minimum Gasteiger partial charge on any atom is -0.507 e. The first-order valence-electron chi connectivity index (χ1n) is 11.4. The van der Waals surface area contributed by atoms with Gasteiger partial charge in [0.15, 0.2) is 0 Å². The van der Waals surface area contributed by atoms with E-state index in [1.807, 2.05) is 50.2 Å². The number of ether oxygens (including phenoxy) is 1. The van der Waals surface area contributed by atoms with Crippen LogP contribution in [0.25, 0.3) is 5.76 Å². The minimum atomic E-state index is -0.650. The average Bonchev–Trinajstić information content (AvgIpc) is 3.03. The molecule has 33 heavy (non-hydrogen) atoms. The predicted octanol–water partition coefficient (Wildman–Crippen LogP) is 4.40. The summed E-state index contributed by atoms with van der Waals surface area (Å²) in [5, 5.41) is 11.2. The third-order valence-corrected chi connectivity index (χ3v) is 5.65. The van der Waals surface area contributed by atoms with Crippen molar-refractivity contribution in [2.45, 2.75) is 33.2 Å². The van der Waals surface area contributed by atoms with Crippen LogP contribution in [0.1, 0.15) is 43.0 Å². The van der Waals surface area contributed by atoms with E-state index in [0.29, 0.717) is 30.4 Å². The fourth-order valence-corrected chi connectivity index (χ4v) is 3.89. The Balaban J connectivity index is 1.99. The number of ketones is 1. The van der Waals surface area contributed by atoms with Gasteiger partial charge in [0.25, 0.3) is 11.7 Å². The van der Waals surface area contributed by atoms with Gasteiger partial charge in [-0.1, -0.05) is 43.7 Å². The van der Waals surface area contributed by atoms with Crippen LogP contribution in [0.15, 0.2) is 54.1 Å². The van der Waals surface area contributed by atoms with E-state index in [-0.39, 0.29) is 11.3 Å². The van der Waals surface area contributed by atoms with Gasteiger partial charge in [0.05, 0.1) is 18.2 Å². The SMILES string of the molecule is Cc1ccc([C@H]2/C(=C(\O)c3ccc(OCC(C)C)cc3)C(=O)C(=O)N2CCCN(C)C)cc1. The number of hydrogen-bond donors (Lipinski definition) is 1. The van der Waals surface area contributed by atoms with Gasteiger partial charge in [-0.15, -0.1) is 0 Å². The summed E-state index contributed by atoms with van der Waals surface area (Å²) < 4.78 is 5.72. The van der Waals surface area contributed by atoms with Crippen molar-refractivity contribution in [1.82, 2.24) is 9.80 Å². The summed E-state index contributed by atoms with van der Waals surface area (Å²) >= 11 is 0. The Morgan fingerprint density at radius 2 is 1.70 bits per heavy atom. The molecule has 1 fully saturated rings. The Labute approximate surface area is 196 Å². The molecule has 3 rings (SSSR count). The Morgan fingerprint density at radius 3 is 2.27 bits per heavy atom. The van der Waals surface area contributed by atoms with Crippen LogP contribution in [0.5, 0.6) is 5.75 Å². The monoisotopic (exact) mass is 450 g/mol. The predicted molar refractivity (Wildman–Crippen MR) is 130 cm³/mol. The number of aliphatic hydroxyl groups excluding tert-OH is 1. The van der Waals surface area contributed by atoms with Crippen molar-refractivity contribution < 1.29 is 19.4 Å². The van der Waals surface area contributed by atoms with Crippen molar-refractivity contribution >= 4 is 17.4 Å². The van der Waals surface area contributed by atoms with Gasteiger partial charge in [-0.25, -0.2) is 0 Å². The smallest absolute Gasteiger partial charge is 0.295 e. The number of carbonyl (C=O) groups excluding carboxylic acids is 2. The molecule has 1 aliphatic rings. The standard InChI is InChI=1S/C27H34N2O4/c1-18(2)17-33-22-13-11-21(12-14-22)25(30)23-24(20-9-7-19(3)8-10-20)29(27(32)26(23)31)16-6-15-28(4)5/h7-14,18,24,30H,6,15-17H2,1-5H3/b25-23+/t24-/m0/s1. The third-order valence-electron chi connectivity index (χ3n) is 5.65. The maximum atomic E-state index is 13.1. The number of carbonyl (C=O) groups is 2. The van der Waals surface area contributed by atoms with Gasteiger partial charge in [-0.05, 0) is 69.7 Å². The quantitative estimate of drug-likeness (QED) is 0.348. The third kappa shape index (κ3) is 5.82. The van der Waals surface area contributed by atoms with Crippen molar-refractivity contribution in [2.75, 3.05) is 33.8 Å². The molecule has 6 nitrogen and oxygen atoms in total. The zero-order valence-electron chi connectivity index (χ0n) is 20.2. The first kappa shape index (κ1) is 24.5. The van der Waals surface area contributed by atoms with Crippen LogP contribution < -0.4 is 4.74 Å². The summed E-state index contributed by atoms with van der Waals surface area (Å²) in [7, 11) is 3.94. The number of likely N-dealkylation sites (tertiary alicyclic amines) is 1. The fourth-order valence-electron chi connectivity index (χ4n) is 3.89. The lowest BCUT2D eigenvalue weighted by Gasteiger charge is -2.26. The lowest BCUT2D eigenvalue weighted by molar-refractivity contribution is -0.139. The highest BCUT2D eigenvalue weighted by Crippen LogP contribution is 2.39. The zero-order chi connectivity index (χ0) is 24.1. The van der Waals surface area contributed by atoms with Gasteiger partial charge < -0.3 is 19.6 Å². The number of aliphatic hydroxyl groups is 1. The molecule has 0 aliphatic carbocycles. The molecule has 1 saturated heterocycles. The van der Waals surface area contributed by atoms with E-state index in [9.17, 15) is 14.7 Å². The summed E-state index contributed by atoms with van der Waals surface area (Å²) in [6.07, 6.45) is 0.726. The van der Waals surface area contributed by atoms with E-state index in [1.165, 1.54) is 0 Å². The van der Waals surface area contributed by atoms with Crippen LogP contribution in [-0.4, -0.2) is 60.4 Å². The lowest BCUT2D eigenvalue weighted by Crippen LogP contribution is -2.32. The largest absolute Gasteiger partial charge is 0.507 e. The number of Topliss-reactive ketones (excluding diaryl/α,β-unsaturated/α-hetero) is 1. The Morgan fingerprint density at radius 1 is 1.06 bits per heavy atom. The van der Waals surface area contributed by atoms with E-state index < -0.39 is 17.7 Å². The van der Waals surface area contributed by atoms with Crippen molar-refractivity contribution in [3.05, 3.63) is 70.8 Å². The summed E-state index contributed by atoms with van der Waals surface area (Å²) in [6.45, 7) is 7.95. The van der Waals surface area contributed by atoms with Crippen LogP contribution in [0.2, 0.25) is 0 Å². The Bertz CT molecular complexity index is 1010. The molecule has 0 spiro atoms. The first-order chi connectivity index (χ1) is 15.7. The molecular weight excluding hydrogens is 416 g/mol. The number of rotatable bonds is 9. The average molecular weight is 451 g/mol. The highest BCUT2D eigenvalue weighted by atomic mass is 16.5. The molecular formula is C27H34N2O4. The molecule has 0 unspecified atom stereocenters. The molecule has 6 heteroatoms. The van der Waals surface area contributed by atoms with Crippen molar-refractivity contribution in [2.24, 2.45) is 5.92 Å². The van der Waals surface area contributed by atoms with Crippen LogP contribution in [0, 0.1) is 12.8 Å². The van der Waals surface area contributed by atoms with Gasteiger partial charge in [0, 0.05) is 12.1 Å². The van der Waals surface area contributed by atoms with Crippen LogP contribution in [0.3, 0.4) is 0 Å². The van der Waals surface area contributed by atoms with Gasteiger partial charge in [-0.3, -0.25) is 9.59 Å². The highest BCUT2D eigenvalue weighted by Gasteiger charge is 2.45. The van der Waals surface area contributed by atoms with Gasteiger partial charge in [0.1, 0.15) is 11.5 Å². The number of benzene rings is 2. The van der Waals surface area contributed by atoms with Crippen molar-refractivity contribution in [3.8, 4) is 5.75 Å². The maximum Gasteiger partial charge on any atom is 0.295 e. The summed E-state index contributed by atoms with van der Waals surface area (Å²) in [5.74, 6) is -0.291. The molecule has 1 aliphatic heterocycles. The topological polar surface area (TPSA) is 70.1 Å². The highest BCUT2D eigenvalue weighted by molar-refractivity contribution is 6.46. The van der Waals surface area contributed by atoms with Crippen molar-refractivity contribution in [3.63, 3.8) is 0 Å². The second-order valence-electron chi connectivity index (χ2n) is 9.29. The van der Waals surface area contributed by atoms with Crippen LogP contribution in [-0.2, 0) is 9.59 Å². The summed E-state index contributed by atoms with van der Waals surface area (Å²) in [6, 6.07) is 14.1. The van der Waals surface area contributed by atoms with Gasteiger partial charge in [0.2, 0.25) is 0 Å². The molecule has 0 bridgehead atoms. The fraction of sp³-hybridized carbons (Fsp3) is 0.407. The number of nitrogens with zero attached hydrogens (tertiary/aromatic N) is 2. The molecule has 176 valence electrons. The molecule has 1 heterocycles. The number of hydrogen-bond acceptors (Lipinski definition) is 5. The normalized spacial score (nSPS) is 17.9. The molecule has 2 aromatic carbocycles. The second-order valence-corrected chi connectivity index (χ2v) is 9.29. The molecule has 1 atom stereocenters. The molecule has 1 N–H and O–H groups in total. The molecule has 0 radical (unpaired) electrons. The molecule has 1 amide bonds. The van der Waals surface area contributed by atoms with Crippen molar-refractivity contribution in [1.29, 1.82) is 0 Å². The van der Waals surface area contributed by atoms with E-state index >= 15 is 0 Å². The van der Waals surface area contributed by atoms with Crippen LogP contribution in [0.4, 0.5) is 0 Å². The van der Waals surface area contributed by atoms with Crippen LogP contribution >= 0.6 is 0 Å². The molecule has 2 aromatic rings. The minimum absolute atomic E-state index is 0.129. The first-order valence-corrected chi connectivity index (χ1v) is 11.4. The maximum absolute atomic E-state index is 13.1. The summed E-state index contributed by atoms with van der Waals surface area (Å²) in [4.78, 5) is 29.7. The number of amides is 1. The Hall–Kier alpha value is -3.12. The van der Waals surface area contributed by atoms with E-state index in [1.54, 1.807) is 29.2 Å². The Kier molecular flexibility index (Phi) is 7.92. The van der Waals surface area contributed by atoms with Gasteiger partial charge >= 0.3 is 0 Å². The molecule has 0 aromatic heterocycles. The van der Waals surface area contributed by atoms with E-state index in [0.717, 1.165) is 24.1 Å². The van der Waals surface area contributed by atoms with E-state index in [4.69, 9.17) is 4.74 Å². The second kappa shape index (κ2) is 10.7. The van der Waals surface area contributed by atoms with E-state index in [2.05, 4.69) is 13.8 Å².